The molecule has 0 saturated heterocycles. The van der Waals surface area contributed by atoms with Gasteiger partial charge in [-0.1, -0.05) is 35.9 Å². The number of fused-ring (bicyclic) bond motifs is 1. The van der Waals surface area contributed by atoms with Gasteiger partial charge in [0, 0.05) is 34.3 Å². The number of thiazole rings is 1. The van der Waals surface area contributed by atoms with Gasteiger partial charge in [0.25, 0.3) is 0 Å². The van der Waals surface area contributed by atoms with Crippen LogP contribution in [0.2, 0.25) is 5.02 Å². The zero-order valence-electron chi connectivity index (χ0n) is 15.9. The second-order valence-corrected chi connectivity index (χ2v) is 7.76. The highest BCUT2D eigenvalue weighted by Gasteiger charge is 2.12. The van der Waals surface area contributed by atoms with Crippen LogP contribution in [-0.2, 0) is 11.2 Å². The summed E-state index contributed by atoms with van der Waals surface area (Å²) in [6.45, 7) is 2.47. The molecule has 0 bridgehead atoms. The van der Waals surface area contributed by atoms with Crippen molar-refractivity contribution >= 4 is 39.5 Å². The monoisotopic (exact) mass is 425 g/mol. The summed E-state index contributed by atoms with van der Waals surface area (Å²) in [7, 11) is 0. The Bertz CT molecular complexity index is 1130. The zero-order valence-corrected chi connectivity index (χ0v) is 17.5. The molecule has 2 aromatic heterocycles. The molecule has 0 aliphatic carbocycles. The van der Waals surface area contributed by atoms with Crippen molar-refractivity contribution < 1.29 is 9.53 Å². The van der Waals surface area contributed by atoms with Crippen LogP contribution in [0.1, 0.15) is 19.0 Å². The number of halogens is 1. The fraction of sp³-hybridized carbons (Fsp3) is 0.182. The van der Waals surface area contributed by atoms with E-state index in [-0.39, 0.29) is 5.91 Å². The Kier molecular flexibility index (Phi) is 5.83. The lowest BCUT2D eigenvalue weighted by atomic mass is 10.2. The van der Waals surface area contributed by atoms with Crippen LogP contribution in [0.25, 0.3) is 16.2 Å². The minimum Gasteiger partial charge on any atom is -0.492 e. The first-order chi connectivity index (χ1) is 14.1. The summed E-state index contributed by atoms with van der Waals surface area (Å²) in [5.41, 5.74) is 3.67. The maximum Gasteiger partial charge on any atom is 0.224 e. The first kappa shape index (κ1) is 19.5. The van der Waals surface area contributed by atoms with Gasteiger partial charge in [-0.15, -0.1) is 11.3 Å². The lowest BCUT2D eigenvalue weighted by Gasteiger charge is -2.11. The molecular formula is C22H20ClN3O2S. The predicted octanol–water partition coefficient (Wildman–Crippen LogP) is 5.69. The highest BCUT2D eigenvalue weighted by atomic mass is 35.5. The molecule has 1 N–H and O–H groups in total. The smallest absolute Gasteiger partial charge is 0.224 e. The van der Waals surface area contributed by atoms with Gasteiger partial charge in [-0.25, -0.2) is 4.98 Å². The quantitative estimate of drug-likeness (QED) is 0.414. The van der Waals surface area contributed by atoms with Gasteiger partial charge in [-0.2, -0.15) is 0 Å². The number of hydrogen-bond acceptors (Lipinski definition) is 4. The normalized spacial score (nSPS) is 11.0. The molecule has 0 atom stereocenters. The van der Waals surface area contributed by atoms with E-state index < -0.39 is 0 Å². The van der Waals surface area contributed by atoms with E-state index in [9.17, 15) is 4.79 Å². The summed E-state index contributed by atoms with van der Waals surface area (Å²) >= 11 is 7.54. The highest BCUT2D eigenvalue weighted by molar-refractivity contribution is 7.15. The number of benzene rings is 2. The van der Waals surface area contributed by atoms with E-state index in [1.165, 1.54) is 0 Å². The van der Waals surface area contributed by atoms with Gasteiger partial charge in [0.15, 0.2) is 4.96 Å². The van der Waals surface area contributed by atoms with E-state index in [0.717, 1.165) is 21.9 Å². The number of ether oxygens (including phenoxy) is 1. The molecule has 4 aromatic rings. The molecule has 0 aliphatic rings. The zero-order chi connectivity index (χ0) is 20.2. The van der Waals surface area contributed by atoms with Crippen molar-refractivity contribution in [1.29, 1.82) is 0 Å². The van der Waals surface area contributed by atoms with Gasteiger partial charge in [0.1, 0.15) is 5.75 Å². The third kappa shape index (κ3) is 4.44. The van der Waals surface area contributed by atoms with Gasteiger partial charge < -0.3 is 10.1 Å². The number of carbonyl (C=O) groups is 1. The molecule has 0 fully saturated rings. The largest absolute Gasteiger partial charge is 0.492 e. The number of aryl methyl sites for hydroxylation is 1. The molecule has 0 unspecified atom stereocenters. The number of nitrogens with zero attached hydrogens (tertiary/aromatic N) is 2. The lowest BCUT2D eigenvalue weighted by molar-refractivity contribution is -0.116. The summed E-state index contributed by atoms with van der Waals surface area (Å²) in [4.78, 5) is 18.0. The van der Waals surface area contributed by atoms with Crippen molar-refractivity contribution in [2.75, 3.05) is 11.9 Å². The molecule has 0 saturated carbocycles. The average molecular weight is 426 g/mol. The molecule has 0 radical (unpaired) electrons. The summed E-state index contributed by atoms with van der Waals surface area (Å²) in [5, 5.41) is 5.70. The van der Waals surface area contributed by atoms with E-state index in [1.807, 2.05) is 61.7 Å². The van der Waals surface area contributed by atoms with Crippen LogP contribution in [0.15, 0.2) is 60.1 Å². The minimum atomic E-state index is -0.0467. The standard InChI is InChI=1S/C22H20ClN3O2S/c1-2-28-20-6-4-3-5-18(20)24-21(27)12-11-17-14-29-22-25-19(13-26(17)22)15-7-9-16(23)10-8-15/h3-10,13-14H,2,11-12H2,1H3,(H,24,27). The fourth-order valence-corrected chi connectivity index (χ4v) is 4.11. The molecule has 1 amide bonds. The van der Waals surface area contributed by atoms with Crippen molar-refractivity contribution in [3.8, 4) is 17.0 Å². The number of aromatic nitrogens is 2. The van der Waals surface area contributed by atoms with Gasteiger partial charge in [-0.3, -0.25) is 9.20 Å². The average Bonchev–Trinajstić information content (AvgIpc) is 3.30. The van der Waals surface area contributed by atoms with Crippen molar-refractivity contribution in [1.82, 2.24) is 9.38 Å². The van der Waals surface area contributed by atoms with Crippen LogP contribution in [0.5, 0.6) is 5.75 Å². The molecule has 2 heterocycles. The Morgan fingerprint density at radius 1 is 1.21 bits per heavy atom. The maximum absolute atomic E-state index is 12.5. The Hall–Kier alpha value is -2.83. The number of imidazole rings is 1. The first-order valence-corrected chi connectivity index (χ1v) is 10.6. The number of amides is 1. The number of carbonyl (C=O) groups excluding carboxylic acids is 1. The van der Waals surface area contributed by atoms with Crippen LogP contribution in [0, 0.1) is 0 Å². The highest BCUT2D eigenvalue weighted by Crippen LogP contribution is 2.26. The summed E-state index contributed by atoms with van der Waals surface area (Å²) in [5.74, 6) is 0.637. The van der Waals surface area contributed by atoms with Crippen molar-refractivity contribution in [2.45, 2.75) is 19.8 Å². The van der Waals surface area contributed by atoms with E-state index in [1.54, 1.807) is 11.3 Å². The lowest BCUT2D eigenvalue weighted by Crippen LogP contribution is -2.13. The molecule has 0 spiro atoms. The molecule has 0 aliphatic heterocycles. The minimum absolute atomic E-state index is 0.0467. The Balaban J connectivity index is 1.44. The van der Waals surface area contributed by atoms with Gasteiger partial charge in [0.2, 0.25) is 5.91 Å². The van der Waals surface area contributed by atoms with Gasteiger partial charge >= 0.3 is 0 Å². The predicted molar refractivity (Wildman–Crippen MR) is 118 cm³/mol. The van der Waals surface area contributed by atoms with Crippen molar-refractivity contribution in [3.05, 3.63) is 70.8 Å². The SMILES string of the molecule is CCOc1ccccc1NC(=O)CCc1csc2nc(-c3ccc(Cl)cc3)cn12. The maximum atomic E-state index is 12.5. The van der Waals surface area contributed by atoms with Crippen LogP contribution in [0.3, 0.4) is 0 Å². The van der Waals surface area contributed by atoms with Crippen LogP contribution in [0.4, 0.5) is 5.69 Å². The molecule has 7 heteroatoms. The third-order valence-corrected chi connectivity index (χ3v) is 5.63. The number of nitrogens with one attached hydrogen (secondary N) is 1. The molecular weight excluding hydrogens is 406 g/mol. The second kappa shape index (κ2) is 8.68. The summed E-state index contributed by atoms with van der Waals surface area (Å²) in [6.07, 6.45) is 3.01. The van der Waals surface area contributed by atoms with E-state index >= 15 is 0 Å². The molecule has 4 rings (SSSR count). The van der Waals surface area contributed by atoms with Crippen molar-refractivity contribution in [3.63, 3.8) is 0 Å². The molecule has 5 nitrogen and oxygen atoms in total. The summed E-state index contributed by atoms with van der Waals surface area (Å²) < 4.78 is 7.62. The Morgan fingerprint density at radius 2 is 2.00 bits per heavy atom. The van der Waals surface area contributed by atoms with Crippen LogP contribution in [-0.4, -0.2) is 21.9 Å². The van der Waals surface area contributed by atoms with Crippen LogP contribution >= 0.6 is 22.9 Å². The second-order valence-electron chi connectivity index (χ2n) is 6.49. The Morgan fingerprint density at radius 3 is 2.79 bits per heavy atom. The molecule has 148 valence electrons. The molecule has 29 heavy (non-hydrogen) atoms. The topological polar surface area (TPSA) is 55.6 Å². The third-order valence-electron chi connectivity index (χ3n) is 4.49. The number of rotatable bonds is 7. The van der Waals surface area contributed by atoms with E-state index in [2.05, 4.69) is 20.1 Å². The number of anilines is 1. The van der Waals surface area contributed by atoms with Gasteiger partial charge in [0.05, 0.1) is 18.0 Å². The van der Waals surface area contributed by atoms with Crippen LogP contribution < -0.4 is 10.1 Å². The van der Waals surface area contributed by atoms with Gasteiger partial charge in [-0.05, 0) is 37.6 Å². The van der Waals surface area contributed by atoms with Crippen molar-refractivity contribution in [2.24, 2.45) is 0 Å². The fourth-order valence-electron chi connectivity index (χ4n) is 3.07. The van der Waals surface area contributed by atoms with E-state index in [0.29, 0.717) is 35.9 Å². The number of para-hydroxylation sites is 2. The first-order valence-electron chi connectivity index (χ1n) is 9.37. The summed E-state index contributed by atoms with van der Waals surface area (Å²) in [6, 6.07) is 15.1. The van der Waals surface area contributed by atoms with E-state index in [4.69, 9.17) is 16.3 Å². The Labute approximate surface area is 177 Å². The number of hydrogen-bond donors (Lipinski definition) is 1. The molecule has 2 aromatic carbocycles.